The van der Waals surface area contributed by atoms with Gasteiger partial charge in [-0.25, -0.2) is 0 Å². The molecule has 0 fully saturated rings. The van der Waals surface area contributed by atoms with E-state index in [1.807, 2.05) is 45.3 Å². The third-order valence-electron chi connectivity index (χ3n) is 28.9. The van der Waals surface area contributed by atoms with Gasteiger partial charge in [-0.3, -0.25) is 0 Å². The molecular formula is C126H78B2N6S4. The van der Waals surface area contributed by atoms with Gasteiger partial charge < -0.3 is 29.4 Å². The molecular weight excluding hydrogens is 1750 g/mol. The van der Waals surface area contributed by atoms with Crippen molar-refractivity contribution in [1.82, 2.24) is 0 Å². The minimum Gasteiger partial charge on any atom is -0.311 e. The van der Waals surface area contributed by atoms with Crippen molar-refractivity contribution in [2.45, 2.75) is 0 Å². The third kappa shape index (κ3) is 12.0. The Labute approximate surface area is 815 Å². The summed E-state index contributed by atoms with van der Waals surface area (Å²) >= 11 is 7.48. The molecule has 0 amide bonds. The Balaban J connectivity index is 0.796. The van der Waals surface area contributed by atoms with Gasteiger partial charge in [-0.1, -0.05) is 334 Å². The molecule has 0 aliphatic carbocycles. The second-order valence-corrected chi connectivity index (χ2v) is 40.6. The van der Waals surface area contributed by atoms with Gasteiger partial charge >= 0.3 is 0 Å². The largest absolute Gasteiger partial charge is 0.311 e. The average Bonchev–Trinajstić information content (AvgIpc) is 0.852. The van der Waals surface area contributed by atoms with Gasteiger partial charge in [0.2, 0.25) is 0 Å². The van der Waals surface area contributed by atoms with Crippen LogP contribution in [0.15, 0.2) is 473 Å². The highest BCUT2D eigenvalue weighted by molar-refractivity contribution is 7.27. The summed E-state index contributed by atoms with van der Waals surface area (Å²) in [4.78, 5) is 16.1. The van der Waals surface area contributed by atoms with E-state index in [0.717, 1.165) is 147 Å². The van der Waals surface area contributed by atoms with Crippen LogP contribution in [0.2, 0.25) is 0 Å². The van der Waals surface area contributed by atoms with E-state index in [4.69, 9.17) is 0 Å². The van der Waals surface area contributed by atoms with Crippen molar-refractivity contribution in [3.8, 4) is 44.5 Å². The number of hydrogen-bond acceptors (Lipinski definition) is 10. The Kier molecular flexibility index (Phi) is 18.0. The van der Waals surface area contributed by atoms with E-state index < -0.39 is 0 Å². The molecule has 21 aromatic carbocycles. The van der Waals surface area contributed by atoms with Crippen LogP contribution in [0.25, 0.3) is 125 Å². The monoisotopic (exact) mass is 1820 g/mol. The van der Waals surface area contributed by atoms with E-state index >= 15 is 0 Å². The Hall–Kier alpha value is -16.6. The summed E-state index contributed by atoms with van der Waals surface area (Å²) in [6, 6.07) is 180. The predicted octanol–water partition coefficient (Wildman–Crippen LogP) is 32.9. The van der Waals surface area contributed by atoms with Gasteiger partial charge in [0.15, 0.2) is 0 Å². The number of hydrogen-bond donors (Lipinski definition) is 0. The van der Waals surface area contributed by atoms with E-state index in [1.54, 1.807) is 0 Å². The van der Waals surface area contributed by atoms with Crippen LogP contribution in [-0.2, 0) is 0 Å². The van der Waals surface area contributed by atoms with Crippen LogP contribution in [0.4, 0.5) is 102 Å². The molecule has 642 valence electrons. The standard InChI is InChI=1S/C126H78B2N6S4/c1-7-37-79(38-8-1)87-53-31-54-88(80-39-9-2-10-40-80)125(87)133-99-59-25-23-57-95(99)127-97-77-98-106(78-105(97)131(103-63-35-71-117-121(103)93-51-21-29-67-113(93)137-117)107-73-85(75-109(133)123(107)127)129(83-45-15-5-16-46-83)101-61-33-69-115-119(101)91-49-19-27-65-111(91)135-115)132(104-64-36-72-118-122(104)94-52-22-30-68-114(94)138-118)108-74-86(130(84-47-17-6-18-48-84)102-62-34-70-116-120(102)92-50-20-28-66-112(92)136-116)76-110-124(108)128(98)96-58-24-26-60-100(96)134(110)126-89(81-41-11-3-12-42-81)55-32-56-90(126)82-43-13-4-14-44-82/h1-78H. The first-order valence-corrected chi connectivity index (χ1v) is 50.5. The molecule has 0 N–H and O–H groups in total. The predicted molar refractivity (Wildman–Crippen MR) is 597 cm³/mol. The summed E-state index contributed by atoms with van der Waals surface area (Å²) in [5.74, 6) is 0. The van der Waals surface area contributed by atoms with Crippen LogP contribution >= 0.6 is 45.3 Å². The van der Waals surface area contributed by atoms with Gasteiger partial charge in [0, 0.05) is 160 Å². The lowest BCUT2D eigenvalue weighted by atomic mass is 9.30. The summed E-state index contributed by atoms with van der Waals surface area (Å²) < 4.78 is 9.85. The quantitative estimate of drug-likeness (QED) is 0.100. The Bertz CT molecular complexity index is 8660. The van der Waals surface area contributed by atoms with Crippen molar-refractivity contribution < 1.29 is 0 Å². The molecule has 6 nitrogen and oxygen atoms in total. The Morgan fingerprint density at radius 2 is 0.442 bits per heavy atom. The highest BCUT2D eigenvalue weighted by Gasteiger charge is 2.51. The molecule has 0 saturated heterocycles. The van der Waals surface area contributed by atoms with Crippen LogP contribution in [0.1, 0.15) is 0 Å². The molecule has 12 heteroatoms. The lowest BCUT2D eigenvalue weighted by molar-refractivity contribution is 1.22. The van der Waals surface area contributed by atoms with Crippen LogP contribution in [0.3, 0.4) is 0 Å². The number of thiophene rings is 4. The first kappa shape index (κ1) is 78.9. The van der Waals surface area contributed by atoms with Crippen LogP contribution in [-0.4, -0.2) is 13.4 Å². The summed E-state index contributed by atoms with van der Waals surface area (Å²) in [5, 5.41) is 9.72. The first-order valence-electron chi connectivity index (χ1n) is 47.2. The van der Waals surface area contributed by atoms with Crippen molar-refractivity contribution in [2.75, 3.05) is 29.4 Å². The highest BCUT2D eigenvalue weighted by atomic mass is 32.1. The molecule has 0 unspecified atom stereocenters. The number of nitrogens with zero attached hydrogens (tertiary/aromatic N) is 6. The molecule has 0 saturated carbocycles. The number of para-hydroxylation sites is 6. The smallest absolute Gasteiger partial charge is 0.252 e. The molecule has 4 aliphatic heterocycles. The number of anilines is 18. The van der Waals surface area contributed by atoms with Crippen molar-refractivity contribution in [2.24, 2.45) is 0 Å². The van der Waals surface area contributed by atoms with Gasteiger partial charge in [0.25, 0.3) is 13.4 Å². The molecule has 4 aliphatic rings. The fourth-order valence-electron chi connectivity index (χ4n) is 23.4. The molecule has 0 bridgehead atoms. The molecule has 138 heavy (non-hydrogen) atoms. The highest BCUT2D eigenvalue weighted by Crippen LogP contribution is 2.60. The molecule has 0 radical (unpaired) electrons. The van der Waals surface area contributed by atoms with Crippen molar-refractivity contribution in [3.63, 3.8) is 0 Å². The maximum absolute atomic E-state index is 2.76. The fourth-order valence-corrected chi connectivity index (χ4v) is 27.9. The van der Waals surface area contributed by atoms with Gasteiger partial charge in [0.1, 0.15) is 0 Å². The van der Waals surface area contributed by atoms with Crippen molar-refractivity contribution >= 4 is 275 Å². The van der Waals surface area contributed by atoms with Gasteiger partial charge in [-0.05, 0) is 195 Å². The summed E-state index contributed by atoms with van der Waals surface area (Å²) in [6.45, 7) is -0.745. The van der Waals surface area contributed by atoms with Crippen LogP contribution in [0.5, 0.6) is 0 Å². The molecule has 0 atom stereocenters. The molecule has 0 spiro atoms. The maximum Gasteiger partial charge on any atom is 0.252 e. The van der Waals surface area contributed by atoms with Gasteiger partial charge in [-0.2, -0.15) is 0 Å². The van der Waals surface area contributed by atoms with E-state index in [2.05, 4.69) is 503 Å². The zero-order chi connectivity index (χ0) is 90.3. The number of fused-ring (bicyclic) bond motifs is 20. The van der Waals surface area contributed by atoms with E-state index in [-0.39, 0.29) is 13.4 Å². The molecule has 8 heterocycles. The van der Waals surface area contributed by atoms with Crippen molar-refractivity contribution in [1.29, 1.82) is 0 Å². The zero-order valence-corrected chi connectivity index (χ0v) is 77.8. The number of rotatable bonds is 14. The average molecular weight is 1830 g/mol. The van der Waals surface area contributed by atoms with Crippen molar-refractivity contribution in [3.05, 3.63) is 473 Å². The SMILES string of the molecule is c1ccc(-c2cccc(-c3ccccc3)c2N2c3ccccc3B3c4cc5c(cc4N(c4cccc6sc7ccccc7c46)c4cc(N(c6ccccc6)c6cccc7sc8ccccc8c67)cc2c43)N(c2cccc3sc4ccccc4c23)c2cc(N(c3ccccc3)c3cccc4sc6ccccc6c34)cc3c2B5c2ccccc2N3c2c(-c3ccccc3)cccc2-c2ccccc2)cc1. The second kappa shape index (κ2) is 31.5. The van der Waals surface area contributed by atoms with E-state index in [9.17, 15) is 0 Å². The third-order valence-corrected chi connectivity index (χ3v) is 33.5. The molecule has 29 rings (SSSR count). The summed E-state index contributed by atoms with van der Waals surface area (Å²) in [5.41, 5.74) is 35.7. The summed E-state index contributed by atoms with van der Waals surface area (Å²) in [7, 11) is 0. The fraction of sp³-hybridized carbons (Fsp3) is 0. The number of benzene rings is 21. The van der Waals surface area contributed by atoms with Crippen LogP contribution < -0.4 is 62.2 Å². The first-order chi connectivity index (χ1) is 68.5. The summed E-state index contributed by atoms with van der Waals surface area (Å²) in [6.07, 6.45) is 0. The minimum atomic E-state index is -0.372. The maximum atomic E-state index is 2.76. The van der Waals surface area contributed by atoms with E-state index in [1.165, 1.54) is 113 Å². The molecule has 25 aromatic rings. The van der Waals surface area contributed by atoms with Gasteiger partial charge in [0.05, 0.1) is 45.5 Å². The lowest BCUT2D eigenvalue weighted by Gasteiger charge is -2.48. The topological polar surface area (TPSA) is 19.4 Å². The lowest BCUT2D eigenvalue weighted by Crippen LogP contribution is -2.65. The zero-order valence-electron chi connectivity index (χ0n) is 74.5. The van der Waals surface area contributed by atoms with E-state index in [0.29, 0.717) is 0 Å². The Morgan fingerprint density at radius 1 is 0.174 bits per heavy atom. The van der Waals surface area contributed by atoms with Gasteiger partial charge in [-0.15, -0.1) is 45.3 Å². The Morgan fingerprint density at radius 3 is 0.797 bits per heavy atom. The minimum absolute atomic E-state index is 0.372. The van der Waals surface area contributed by atoms with Crippen LogP contribution in [0, 0.1) is 0 Å². The molecule has 4 aromatic heterocycles. The second-order valence-electron chi connectivity index (χ2n) is 36.3. The normalized spacial score (nSPS) is 12.8.